The van der Waals surface area contributed by atoms with Gasteiger partial charge < -0.3 is 11.1 Å². The molecule has 0 aliphatic heterocycles. The molecule has 1 unspecified atom stereocenters. The van der Waals surface area contributed by atoms with Crippen LogP contribution < -0.4 is 11.1 Å². The third-order valence-corrected chi connectivity index (χ3v) is 4.25. The van der Waals surface area contributed by atoms with E-state index >= 15 is 0 Å². The minimum Gasteiger partial charge on any atom is -0.330 e. The molecule has 0 heterocycles. The Morgan fingerprint density at radius 3 is 2.53 bits per heavy atom. The van der Waals surface area contributed by atoms with Crippen molar-refractivity contribution in [2.75, 3.05) is 13.1 Å². The molecule has 0 amide bonds. The Morgan fingerprint density at radius 1 is 1.29 bits per heavy atom. The van der Waals surface area contributed by atoms with Gasteiger partial charge in [0.15, 0.2) is 0 Å². The summed E-state index contributed by atoms with van der Waals surface area (Å²) >= 11 is 0. The minimum absolute atomic E-state index is 0.422. The van der Waals surface area contributed by atoms with Crippen LogP contribution in [0.25, 0.3) is 0 Å². The third-order valence-electron chi connectivity index (χ3n) is 4.25. The third kappa shape index (κ3) is 5.87. The molecule has 0 spiro atoms. The number of nitrogens with two attached hydrogens (primary N) is 1. The van der Waals surface area contributed by atoms with Gasteiger partial charge in [0.2, 0.25) is 0 Å². The first-order chi connectivity index (χ1) is 7.85. The fourth-order valence-electron chi connectivity index (χ4n) is 3.00. The SMILES string of the molecule is CC(C)(CCN)CCCNC1CCC(C)(C)C1. The summed E-state index contributed by atoms with van der Waals surface area (Å²) in [6.45, 7) is 11.4. The van der Waals surface area contributed by atoms with Gasteiger partial charge in [0.1, 0.15) is 0 Å². The molecule has 0 aromatic heterocycles. The summed E-state index contributed by atoms with van der Waals surface area (Å²) in [5.74, 6) is 0. The maximum atomic E-state index is 5.63. The molecule has 1 fully saturated rings. The van der Waals surface area contributed by atoms with Gasteiger partial charge >= 0.3 is 0 Å². The second kappa shape index (κ2) is 6.19. The highest BCUT2D eigenvalue weighted by atomic mass is 14.9. The summed E-state index contributed by atoms with van der Waals surface area (Å²) in [6, 6.07) is 0.766. The highest BCUT2D eigenvalue weighted by Crippen LogP contribution is 2.36. The molecule has 3 N–H and O–H groups in total. The van der Waals surface area contributed by atoms with Crippen LogP contribution >= 0.6 is 0 Å². The average molecular weight is 240 g/mol. The Kier molecular flexibility index (Phi) is 5.46. The molecule has 0 bridgehead atoms. The van der Waals surface area contributed by atoms with Crippen LogP contribution in [-0.2, 0) is 0 Å². The summed E-state index contributed by atoms with van der Waals surface area (Å²) < 4.78 is 0. The lowest BCUT2D eigenvalue weighted by Gasteiger charge is -2.24. The van der Waals surface area contributed by atoms with E-state index in [0.717, 1.165) is 19.0 Å². The van der Waals surface area contributed by atoms with Gasteiger partial charge in [-0.05, 0) is 62.4 Å². The van der Waals surface area contributed by atoms with Crippen molar-refractivity contribution >= 4 is 0 Å². The van der Waals surface area contributed by atoms with E-state index in [2.05, 4.69) is 33.0 Å². The molecular weight excluding hydrogens is 208 g/mol. The lowest BCUT2D eigenvalue weighted by atomic mass is 9.84. The zero-order valence-corrected chi connectivity index (χ0v) is 12.3. The fraction of sp³-hybridized carbons (Fsp3) is 1.00. The second-order valence-corrected chi connectivity index (χ2v) is 7.36. The van der Waals surface area contributed by atoms with E-state index in [9.17, 15) is 0 Å². The predicted molar refractivity (Wildman–Crippen MR) is 76.1 cm³/mol. The molecule has 102 valence electrons. The molecular formula is C15H32N2. The van der Waals surface area contributed by atoms with Gasteiger partial charge in [-0.1, -0.05) is 27.7 Å². The Bertz CT molecular complexity index is 221. The number of rotatable bonds is 7. The number of nitrogens with one attached hydrogen (secondary N) is 1. The Hall–Kier alpha value is -0.0800. The average Bonchev–Trinajstić information content (AvgIpc) is 2.53. The minimum atomic E-state index is 0.422. The largest absolute Gasteiger partial charge is 0.330 e. The highest BCUT2D eigenvalue weighted by Gasteiger charge is 2.30. The second-order valence-electron chi connectivity index (χ2n) is 7.36. The smallest absolute Gasteiger partial charge is 0.00723 e. The first kappa shape index (κ1) is 15.0. The molecule has 1 rings (SSSR count). The molecule has 2 nitrogen and oxygen atoms in total. The van der Waals surface area contributed by atoms with E-state index in [1.807, 2.05) is 0 Å². The molecule has 1 aliphatic carbocycles. The zero-order chi connectivity index (χ0) is 12.9. The van der Waals surface area contributed by atoms with Crippen molar-refractivity contribution in [3.05, 3.63) is 0 Å². The predicted octanol–water partition coefficient (Wildman–Crippen LogP) is 3.31. The van der Waals surface area contributed by atoms with Crippen LogP contribution in [0, 0.1) is 10.8 Å². The van der Waals surface area contributed by atoms with Crippen molar-refractivity contribution < 1.29 is 0 Å². The van der Waals surface area contributed by atoms with E-state index in [0.29, 0.717) is 10.8 Å². The van der Waals surface area contributed by atoms with Gasteiger partial charge in [-0.2, -0.15) is 0 Å². The van der Waals surface area contributed by atoms with Crippen LogP contribution in [-0.4, -0.2) is 19.1 Å². The van der Waals surface area contributed by atoms with Gasteiger partial charge in [0.25, 0.3) is 0 Å². The van der Waals surface area contributed by atoms with Crippen molar-refractivity contribution in [3.8, 4) is 0 Å². The molecule has 2 heteroatoms. The van der Waals surface area contributed by atoms with Gasteiger partial charge in [0, 0.05) is 6.04 Å². The summed E-state index contributed by atoms with van der Waals surface area (Å²) in [7, 11) is 0. The lowest BCUT2D eigenvalue weighted by molar-refractivity contribution is 0.297. The van der Waals surface area contributed by atoms with Crippen LogP contribution in [0.15, 0.2) is 0 Å². The highest BCUT2D eigenvalue weighted by molar-refractivity contribution is 4.86. The van der Waals surface area contributed by atoms with Crippen molar-refractivity contribution in [1.82, 2.24) is 5.32 Å². The van der Waals surface area contributed by atoms with Crippen molar-refractivity contribution in [2.45, 2.75) is 72.3 Å². The van der Waals surface area contributed by atoms with Crippen LogP contribution in [0.3, 0.4) is 0 Å². The van der Waals surface area contributed by atoms with Crippen molar-refractivity contribution in [3.63, 3.8) is 0 Å². The monoisotopic (exact) mass is 240 g/mol. The molecule has 17 heavy (non-hydrogen) atoms. The van der Waals surface area contributed by atoms with E-state index in [-0.39, 0.29) is 0 Å². The zero-order valence-electron chi connectivity index (χ0n) is 12.3. The molecule has 1 aliphatic rings. The standard InChI is InChI=1S/C15H32N2/c1-14(2,9-10-16)7-5-11-17-13-6-8-15(3,4)12-13/h13,17H,5-12,16H2,1-4H3. The van der Waals surface area contributed by atoms with Crippen LogP contribution in [0.2, 0.25) is 0 Å². The normalized spacial score (nSPS) is 24.2. The van der Waals surface area contributed by atoms with E-state index in [1.54, 1.807) is 0 Å². The lowest BCUT2D eigenvalue weighted by Crippen LogP contribution is -2.29. The first-order valence-corrected chi connectivity index (χ1v) is 7.28. The van der Waals surface area contributed by atoms with Gasteiger partial charge in [0.05, 0.1) is 0 Å². The fourth-order valence-corrected chi connectivity index (χ4v) is 3.00. The number of hydrogen-bond donors (Lipinski definition) is 2. The first-order valence-electron chi connectivity index (χ1n) is 7.28. The van der Waals surface area contributed by atoms with Crippen LogP contribution in [0.5, 0.6) is 0 Å². The molecule has 1 atom stereocenters. The Balaban J connectivity index is 2.09. The molecule has 0 saturated heterocycles. The Labute approximate surface area is 108 Å². The summed E-state index contributed by atoms with van der Waals surface area (Å²) in [5.41, 5.74) is 6.62. The quantitative estimate of drug-likeness (QED) is 0.670. The molecule has 0 radical (unpaired) electrons. The number of hydrogen-bond acceptors (Lipinski definition) is 2. The van der Waals surface area contributed by atoms with Gasteiger partial charge in [-0.15, -0.1) is 0 Å². The molecule has 1 saturated carbocycles. The van der Waals surface area contributed by atoms with Crippen LogP contribution in [0.1, 0.15) is 66.2 Å². The van der Waals surface area contributed by atoms with E-state index in [4.69, 9.17) is 5.73 Å². The van der Waals surface area contributed by atoms with Crippen molar-refractivity contribution in [2.24, 2.45) is 16.6 Å². The van der Waals surface area contributed by atoms with E-state index in [1.165, 1.54) is 38.6 Å². The Morgan fingerprint density at radius 2 is 2.00 bits per heavy atom. The van der Waals surface area contributed by atoms with E-state index < -0.39 is 0 Å². The van der Waals surface area contributed by atoms with Crippen LogP contribution in [0.4, 0.5) is 0 Å². The maximum absolute atomic E-state index is 5.63. The molecule has 0 aromatic rings. The van der Waals surface area contributed by atoms with Gasteiger partial charge in [-0.25, -0.2) is 0 Å². The topological polar surface area (TPSA) is 38.0 Å². The van der Waals surface area contributed by atoms with Crippen molar-refractivity contribution in [1.29, 1.82) is 0 Å². The maximum Gasteiger partial charge on any atom is 0.00723 e. The van der Waals surface area contributed by atoms with Gasteiger partial charge in [-0.3, -0.25) is 0 Å². The summed E-state index contributed by atoms with van der Waals surface area (Å²) in [4.78, 5) is 0. The molecule has 0 aromatic carbocycles. The summed E-state index contributed by atoms with van der Waals surface area (Å²) in [6.07, 6.45) is 7.79. The summed E-state index contributed by atoms with van der Waals surface area (Å²) in [5, 5.41) is 3.72.